The molecule has 6 heteroatoms. The summed E-state index contributed by atoms with van der Waals surface area (Å²) in [7, 11) is 0. The number of anilines is 1. The van der Waals surface area contributed by atoms with Gasteiger partial charge in [-0.05, 0) is 53.9 Å². The van der Waals surface area contributed by atoms with Crippen LogP contribution in [0.15, 0.2) is 83.4 Å². The summed E-state index contributed by atoms with van der Waals surface area (Å²) < 4.78 is 11.4. The quantitative estimate of drug-likeness (QED) is 0.386. The fourth-order valence-corrected chi connectivity index (χ4v) is 3.99. The summed E-state index contributed by atoms with van der Waals surface area (Å²) in [6.45, 7) is 3.17. The SMILES string of the molecule is CCc1ccc(N2CC(c3nc(-c4ccc(OCc5ccccc5)cc4)no3)CC2=O)cc1. The third kappa shape index (κ3) is 4.65. The first-order valence-electron chi connectivity index (χ1n) is 11.2. The van der Waals surface area contributed by atoms with Crippen LogP contribution in [0, 0.1) is 0 Å². The standard InChI is InChI=1S/C27H25N3O3/c1-2-19-8-12-23(13-9-19)30-17-22(16-25(30)31)27-28-26(29-33-27)21-10-14-24(15-11-21)32-18-20-6-4-3-5-7-20/h3-15,22H,2,16-18H2,1H3. The van der Waals surface area contributed by atoms with Crippen LogP contribution < -0.4 is 9.64 Å². The zero-order valence-electron chi connectivity index (χ0n) is 18.5. The van der Waals surface area contributed by atoms with Crippen LogP contribution in [-0.4, -0.2) is 22.6 Å². The van der Waals surface area contributed by atoms with Crippen molar-refractivity contribution in [3.63, 3.8) is 0 Å². The van der Waals surface area contributed by atoms with Crippen molar-refractivity contribution in [2.75, 3.05) is 11.4 Å². The molecule has 0 radical (unpaired) electrons. The van der Waals surface area contributed by atoms with E-state index < -0.39 is 0 Å². The number of hydrogen-bond donors (Lipinski definition) is 0. The van der Waals surface area contributed by atoms with Crippen molar-refractivity contribution < 1.29 is 14.1 Å². The molecular weight excluding hydrogens is 414 g/mol. The third-order valence-corrected chi connectivity index (χ3v) is 5.93. The normalized spacial score (nSPS) is 15.7. The number of hydrogen-bond acceptors (Lipinski definition) is 5. The molecule has 2 heterocycles. The van der Waals surface area contributed by atoms with Crippen LogP contribution >= 0.6 is 0 Å². The lowest BCUT2D eigenvalue weighted by Gasteiger charge is -2.16. The summed E-state index contributed by atoms with van der Waals surface area (Å²) in [5.41, 5.74) is 4.12. The lowest BCUT2D eigenvalue weighted by Crippen LogP contribution is -2.24. The maximum absolute atomic E-state index is 12.6. The van der Waals surface area contributed by atoms with E-state index in [0.717, 1.165) is 29.0 Å². The van der Waals surface area contributed by atoms with Gasteiger partial charge in [-0.2, -0.15) is 4.98 Å². The van der Waals surface area contributed by atoms with Gasteiger partial charge >= 0.3 is 0 Å². The fraction of sp³-hybridized carbons (Fsp3) is 0.222. The van der Waals surface area contributed by atoms with Crippen molar-refractivity contribution in [3.05, 3.63) is 95.9 Å². The monoisotopic (exact) mass is 439 g/mol. The topological polar surface area (TPSA) is 68.5 Å². The Balaban J connectivity index is 1.24. The smallest absolute Gasteiger partial charge is 0.232 e. The zero-order valence-corrected chi connectivity index (χ0v) is 18.5. The molecule has 0 saturated carbocycles. The molecule has 0 bridgehead atoms. The third-order valence-electron chi connectivity index (χ3n) is 5.93. The number of ether oxygens (including phenoxy) is 1. The second-order valence-corrected chi connectivity index (χ2v) is 8.18. The number of amides is 1. The van der Waals surface area contributed by atoms with E-state index in [-0.39, 0.29) is 11.8 Å². The molecule has 1 aliphatic heterocycles. The molecule has 1 amide bonds. The molecule has 0 spiro atoms. The Kier molecular flexibility index (Phi) is 5.89. The number of aryl methyl sites for hydroxylation is 1. The number of carbonyl (C=O) groups is 1. The molecule has 1 unspecified atom stereocenters. The molecule has 3 aromatic carbocycles. The summed E-state index contributed by atoms with van der Waals surface area (Å²) >= 11 is 0. The Labute approximate surface area is 192 Å². The molecule has 1 aliphatic rings. The Morgan fingerprint density at radius 1 is 0.970 bits per heavy atom. The van der Waals surface area contributed by atoms with Gasteiger partial charge in [-0.1, -0.05) is 54.5 Å². The predicted octanol–water partition coefficient (Wildman–Crippen LogP) is 5.40. The molecule has 1 atom stereocenters. The Morgan fingerprint density at radius 2 is 1.73 bits per heavy atom. The van der Waals surface area contributed by atoms with E-state index in [1.165, 1.54) is 5.56 Å². The first-order valence-corrected chi connectivity index (χ1v) is 11.2. The molecule has 166 valence electrons. The minimum absolute atomic E-state index is 0.0731. The molecule has 0 N–H and O–H groups in total. The average molecular weight is 440 g/mol. The van der Waals surface area contributed by atoms with Crippen molar-refractivity contribution in [1.82, 2.24) is 10.1 Å². The van der Waals surface area contributed by atoms with Gasteiger partial charge in [0.05, 0.1) is 5.92 Å². The molecule has 1 saturated heterocycles. The van der Waals surface area contributed by atoms with Gasteiger partial charge in [0.1, 0.15) is 12.4 Å². The molecule has 5 rings (SSSR count). The van der Waals surface area contributed by atoms with Crippen LogP contribution in [-0.2, 0) is 17.8 Å². The molecule has 4 aromatic rings. The summed E-state index contributed by atoms with van der Waals surface area (Å²) in [6.07, 6.45) is 1.34. The van der Waals surface area contributed by atoms with Crippen LogP contribution in [0.4, 0.5) is 5.69 Å². The van der Waals surface area contributed by atoms with Crippen LogP contribution in [0.1, 0.15) is 36.3 Å². The number of aromatic nitrogens is 2. The van der Waals surface area contributed by atoms with Gasteiger partial charge in [-0.15, -0.1) is 0 Å². The maximum Gasteiger partial charge on any atom is 0.232 e. The van der Waals surface area contributed by atoms with Crippen LogP contribution in [0.25, 0.3) is 11.4 Å². The Bertz CT molecular complexity index is 1220. The highest BCUT2D eigenvalue weighted by Crippen LogP contribution is 2.32. The lowest BCUT2D eigenvalue weighted by atomic mass is 10.1. The first-order chi connectivity index (χ1) is 16.2. The molecule has 0 aliphatic carbocycles. The lowest BCUT2D eigenvalue weighted by molar-refractivity contribution is -0.117. The number of carbonyl (C=O) groups excluding carboxylic acids is 1. The van der Waals surface area contributed by atoms with Gasteiger partial charge < -0.3 is 14.2 Å². The largest absolute Gasteiger partial charge is 0.489 e. The summed E-state index contributed by atoms with van der Waals surface area (Å²) in [4.78, 5) is 19.0. The van der Waals surface area contributed by atoms with E-state index in [1.807, 2.05) is 66.7 Å². The van der Waals surface area contributed by atoms with E-state index >= 15 is 0 Å². The molecule has 1 fully saturated rings. The van der Waals surface area contributed by atoms with Crippen molar-refractivity contribution >= 4 is 11.6 Å². The zero-order chi connectivity index (χ0) is 22.6. The average Bonchev–Trinajstić information content (AvgIpc) is 3.51. The van der Waals surface area contributed by atoms with Gasteiger partial charge in [0, 0.05) is 24.2 Å². The highest BCUT2D eigenvalue weighted by Gasteiger charge is 2.35. The number of rotatable bonds is 7. The van der Waals surface area contributed by atoms with Crippen LogP contribution in [0.2, 0.25) is 0 Å². The van der Waals surface area contributed by atoms with Crippen LogP contribution in [0.5, 0.6) is 5.75 Å². The molecule has 33 heavy (non-hydrogen) atoms. The Morgan fingerprint density at radius 3 is 2.45 bits per heavy atom. The van der Waals surface area contributed by atoms with Crippen molar-refractivity contribution in [3.8, 4) is 17.1 Å². The minimum Gasteiger partial charge on any atom is -0.489 e. The van der Waals surface area contributed by atoms with E-state index in [2.05, 4.69) is 29.2 Å². The van der Waals surface area contributed by atoms with Gasteiger partial charge in [-0.25, -0.2) is 0 Å². The minimum atomic E-state index is -0.113. The van der Waals surface area contributed by atoms with Gasteiger partial charge in [0.2, 0.25) is 17.6 Å². The molecule has 1 aromatic heterocycles. The van der Waals surface area contributed by atoms with E-state index in [1.54, 1.807) is 4.90 Å². The molecular formula is C27H25N3O3. The fourth-order valence-electron chi connectivity index (χ4n) is 3.99. The predicted molar refractivity (Wildman–Crippen MR) is 126 cm³/mol. The summed E-state index contributed by atoms with van der Waals surface area (Å²) in [5, 5.41) is 4.14. The molecule has 6 nitrogen and oxygen atoms in total. The summed E-state index contributed by atoms with van der Waals surface area (Å²) in [6, 6.07) is 25.8. The maximum atomic E-state index is 12.6. The van der Waals surface area contributed by atoms with E-state index in [9.17, 15) is 4.79 Å². The van der Waals surface area contributed by atoms with Gasteiger partial charge in [0.15, 0.2) is 0 Å². The van der Waals surface area contributed by atoms with Gasteiger partial charge in [0.25, 0.3) is 0 Å². The first kappa shape index (κ1) is 20.9. The van der Waals surface area contributed by atoms with Crippen LogP contribution in [0.3, 0.4) is 0 Å². The van der Waals surface area contributed by atoms with Crippen molar-refractivity contribution in [2.45, 2.75) is 32.3 Å². The van der Waals surface area contributed by atoms with E-state index in [0.29, 0.717) is 31.3 Å². The second kappa shape index (κ2) is 9.28. The highest BCUT2D eigenvalue weighted by molar-refractivity contribution is 5.96. The summed E-state index contributed by atoms with van der Waals surface area (Å²) in [5.74, 6) is 1.74. The number of benzene rings is 3. The number of nitrogens with zero attached hydrogens (tertiary/aromatic N) is 3. The Hall–Kier alpha value is -3.93. The highest BCUT2D eigenvalue weighted by atomic mass is 16.5. The van der Waals surface area contributed by atoms with Gasteiger partial charge in [-0.3, -0.25) is 4.79 Å². The van der Waals surface area contributed by atoms with Crippen molar-refractivity contribution in [1.29, 1.82) is 0 Å². The van der Waals surface area contributed by atoms with E-state index in [4.69, 9.17) is 9.26 Å². The van der Waals surface area contributed by atoms with Crippen molar-refractivity contribution in [2.24, 2.45) is 0 Å². The second-order valence-electron chi connectivity index (χ2n) is 8.18.